The molecule has 1 heterocycles. The molecule has 0 bridgehead atoms. The maximum absolute atomic E-state index is 12.3. The average Bonchev–Trinajstić information content (AvgIpc) is 2.70. The molecular weight excluding hydrogens is 268 g/mol. The summed E-state index contributed by atoms with van der Waals surface area (Å²) in [7, 11) is 0. The Labute approximate surface area is 125 Å². The van der Waals surface area contributed by atoms with E-state index >= 15 is 0 Å². The van der Waals surface area contributed by atoms with Gasteiger partial charge in [0, 0.05) is 13.1 Å². The Hall–Kier alpha value is -1.91. The Morgan fingerprint density at radius 3 is 2.24 bits per heavy atom. The maximum Gasteiger partial charge on any atom is 0.243 e. The molecule has 2 aliphatic rings. The number of likely N-dealkylation sites (N-methyl/N-ethyl adjacent to an activating group) is 1. The molecule has 21 heavy (non-hydrogen) atoms. The minimum absolute atomic E-state index is 0.147. The van der Waals surface area contributed by atoms with Crippen molar-refractivity contribution < 1.29 is 14.4 Å². The molecule has 0 aromatic carbocycles. The summed E-state index contributed by atoms with van der Waals surface area (Å²) in [6, 6.07) is 0. The van der Waals surface area contributed by atoms with Gasteiger partial charge in [0.15, 0.2) is 0 Å². The lowest BCUT2D eigenvalue weighted by Gasteiger charge is -2.23. The van der Waals surface area contributed by atoms with E-state index in [4.69, 9.17) is 0 Å². The summed E-state index contributed by atoms with van der Waals surface area (Å²) in [5.41, 5.74) is 0.877. The van der Waals surface area contributed by atoms with Crippen molar-refractivity contribution in [2.75, 3.05) is 19.6 Å². The Kier molecular flexibility index (Phi) is 4.60. The molecule has 1 aliphatic carbocycles. The first-order valence-corrected chi connectivity index (χ1v) is 7.38. The van der Waals surface area contributed by atoms with Gasteiger partial charge in [-0.05, 0) is 26.7 Å². The van der Waals surface area contributed by atoms with Gasteiger partial charge in [0.05, 0.1) is 11.8 Å². The molecule has 0 aromatic heterocycles. The number of allylic oxidation sites excluding steroid dienone is 2. The molecule has 114 valence electrons. The number of imide groups is 1. The van der Waals surface area contributed by atoms with Crippen LogP contribution < -0.4 is 0 Å². The fourth-order valence-electron chi connectivity index (χ4n) is 2.96. The van der Waals surface area contributed by atoms with Crippen molar-refractivity contribution in [1.29, 1.82) is 0 Å². The highest BCUT2D eigenvalue weighted by atomic mass is 16.2. The van der Waals surface area contributed by atoms with E-state index < -0.39 is 0 Å². The van der Waals surface area contributed by atoms with E-state index in [1.165, 1.54) is 0 Å². The first-order valence-electron chi connectivity index (χ1n) is 7.38. The minimum Gasteiger partial charge on any atom is -0.337 e. The zero-order chi connectivity index (χ0) is 15.6. The maximum atomic E-state index is 12.3. The molecule has 1 fully saturated rings. The van der Waals surface area contributed by atoms with E-state index in [1.807, 2.05) is 26.0 Å². The average molecular weight is 290 g/mol. The summed E-state index contributed by atoms with van der Waals surface area (Å²) in [6.07, 6.45) is 5.08. The predicted molar refractivity (Wildman–Crippen MR) is 79.1 cm³/mol. The molecule has 1 aliphatic heterocycles. The summed E-state index contributed by atoms with van der Waals surface area (Å²) in [5.74, 6) is -1.14. The third-order valence-electron chi connectivity index (χ3n) is 4.09. The monoisotopic (exact) mass is 290 g/mol. The van der Waals surface area contributed by atoms with Crippen molar-refractivity contribution in [2.24, 2.45) is 11.8 Å². The normalized spacial score (nSPS) is 24.2. The van der Waals surface area contributed by atoms with Gasteiger partial charge in [-0.25, -0.2) is 0 Å². The molecule has 2 rings (SSSR count). The zero-order valence-electron chi connectivity index (χ0n) is 12.7. The second-order valence-electron chi connectivity index (χ2n) is 5.78. The van der Waals surface area contributed by atoms with E-state index in [1.54, 1.807) is 4.90 Å². The molecule has 0 N–H and O–H groups in total. The van der Waals surface area contributed by atoms with Crippen molar-refractivity contribution in [3.63, 3.8) is 0 Å². The number of fused-ring (bicyclic) bond motifs is 1. The number of carbonyl (C=O) groups is 3. The minimum atomic E-state index is -0.272. The third kappa shape index (κ3) is 3.06. The number of nitrogens with zero attached hydrogens (tertiary/aromatic N) is 2. The van der Waals surface area contributed by atoms with E-state index in [0.717, 1.165) is 10.5 Å². The topological polar surface area (TPSA) is 57.7 Å². The molecule has 1 saturated heterocycles. The van der Waals surface area contributed by atoms with Gasteiger partial charge in [0.2, 0.25) is 17.7 Å². The number of likely N-dealkylation sites (tertiary alicyclic amines) is 1. The summed E-state index contributed by atoms with van der Waals surface area (Å²) in [5, 5.41) is 0. The van der Waals surface area contributed by atoms with E-state index in [0.29, 0.717) is 25.9 Å². The van der Waals surface area contributed by atoms with Gasteiger partial charge in [0.1, 0.15) is 6.54 Å². The second-order valence-corrected chi connectivity index (χ2v) is 5.78. The lowest BCUT2D eigenvalue weighted by atomic mass is 9.85. The molecule has 0 spiro atoms. The van der Waals surface area contributed by atoms with Crippen molar-refractivity contribution in [3.8, 4) is 0 Å². The number of hydrogen-bond acceptors (Lipinski definition) is 3. The van der Waals surface area contributed by atoms with Crippen LogP contribution in [0.25, 0.3) is 0 Å². The molecular formula is C16H22N2O3. The summed E-state index contributed by atoms with van der Waals surface area (Å²) < 4.78 is 0. The van der Waals surface area contributed by atoms with Gasteiger partial charge >= 0.3 is 0 Å². The van der Waals surface area contributed by atoms with Gasteiger partial charge in [-0.3, -0.25) is 19.3 Å². The van der Waals surface area contributed by atoms with E-state index in [9.17, 15) is 14.4 Å². The van der Waals surface area contributed by atoms with Crippen LogP contribution in [0, 0.1) is 11.8 Å². The van der Waals surface area contributed by atoms with E-state index in [-0.39, 0.29) is 36.1 Å². The summed E-state index contributed by atoms with van der Waals surface area (Å²) >= 11 is 0. The molecule has 5 heteroatoms. The van der Waals surface area contributed by atoms with Crippen LogP contribution in [0.3, 0.4) is 0 Å². The second kappa shape index (κ2) is 6.24. The van der Waals surface area contributed by atoms with Gasteiger partial charge in [-0.2, -0.15) is 0 Å². The quantitative estimate of drug-likeness (QED) is 0.567. The number of rotatable bonds is 5. The smallest absolute Gasteiger partial charge is 0.243 e. The predicted octanol–water partition coefficient (Wildman–Crippen LogP) is 1.36. The first-order chi connectivity index (χ1) is 9.95. The highest BCUT2D eigenvalue weighted by Crippen LogP contribution is 2.34. The fraction of sp³-hybridized carbons (Fsp3) is 0.562. The van der Waals surface area contributed by atoms with Crippen LogP contribution in [-0.2, 0) is 14.4 Å². The van der Waals surface area contributed by atoms with Gasteiger partial charge < -0.3 is 4.90 Å². The standard InChI is InChI=1S/C16H22N2O3/c1-4-17(9-11(2)3)14(19)10-18-15(20)12-7-5-6-8-13(12)16(18)21/h5-6,12-13H,2,4,7-10H2,1,3H3. The Morgan fingerprint density at radius 2 is 1.81 bits per heavy atom. The van der Waals surface area contributed by atoms with Crippen molar-refractivity contribution in [1.82, 2.24) is 9.80 Å². The number of carbonyl (C=O) groups excluding carboxylic acids is 3. The Morgan fingerprint density at radius 1 is 1.29 bits per heavy atom. The van der Waals surface area contributed by atoms with Crippen LogP contribution in [0.15, 0.2) is 24.3 Å². The molecule has 3 amide bonds. The van der Waals surface area contributed by atoms with Crippen LogP contribution in [0.1, 0.15) is 26.7 Å². The third-order valence-corrected chi connectivity index (χ3v) is 4.09. The molecule has 2 unspecified atom stereocenters. The van der Waals surface area contributed by atoms with Crippen LogP contribution in [-0.4, -0.2) is 47.2 Å². The molecule has 5 nitrogen and oxygen atoms in total. The molecule has 0 aromatic rings. The lowest BCUT2D eigenvalue weighted by molar-refractivity contribution is -0.146. The number of hydrogen-bond donors (Lipinski definition) is 0. The Bertz CT molecular complexity index is 484. The highest BCUT2D eigenvalue weighted by Gasteiger charge is 2.47. The lowest BCUT2D eigenvalue weighted by Crippen LogP contribution is -2.43. The highest BCUT2D eigenvalue weighted by molar-refractivity contribution is 6.07. The largest absolute Gasteiger partial charge is 0.337 e. The SMILES string of the molecule is C=C(C)CN(CC)C(=O)CN1C(=O)C2CC=CCC2C1=O. The summed E-state index contributed by atoms with van der Waals surface area (Å²) in [4.78, 5) is 39.6. The van der Waals surface area contributed by atoms with Crippen molar-refractivity contribution in [3.05, 3.63) is 24.3 Å². The van der Waals surface area contributed by atoms with Crippen LogP contribution in [0.2, 0.25) is 0 Å². The first kappa shape index (κ1) is 15.5. The van der Waals surface area contributed by atoms with Crippen LogP contribution in [0.5, 0.6) is 0 Å². The molecule has 0 radical (unpaired) electrons. The van der Waals surface area contributed by atoms with Gasteiger partial charge in [-0.15, -0.1) is 0 Å². The van der Waals surface area contributed by atoms with Crippen LogP contribution in [0.4, 0.5) is 0 Å². The fourth-order valence-corrected chi connectivity index (χ4v) is 2.96. The van der Waals surface area contributed by atoms with Gasteiger partial charge in [-0.1, -0.05) is 24.3 Å². The van der Waals surface area contributed by atoms with Gasteiger partial charge in [0.25, 0.3) is 0 Å². The van der Waals surface area contributed by atoms with Crippen molar-refractivity contribution in [2.45, 2.75) is 26.7 Å². The Balaban J connectivity index is 2.05. The molecule has 2 atom stereocenters. The van der Waals surface area contributed by atoms with E-state index in [2.05, 4.69) is 6.58 Å². The number of amides is 3. The van der Waals surface area contributed by atoms with Crippen LogP contribution >= 0.6 is 0 Å². The zero-order valence-corrected chi connectivity index (χ0v) is 12.7. The molecule has 0 saturated carbocycles. The summed E-state index contributed by atoms with van der Waals surface area (Å²) in [6.45, 7) is 8.37. The van der Waals surface area contributed by atoms with Crippen molar-refractivity contribution >= 4 is 17.7 Å².